The van der Waals surface area contributed by atoms with Crippen molar-refractivity contribution in [1.29, 1.82) is 0 Å². The highest BCUT2D eigenvalue weighted by Crippen LogP contribution is 2.29. The molecule has 0 bridgehead atoms. The van der Waals surface area contributed by atoms with Gasteiger partial charge >= 0.3 is 5.97 Å². The summed E-state index contributed by atoms with van der Waals surface area (Å²) in [4.78, 5) is 18.7. The SMILES string of the molecule is COC(=O)c1sc(NC2CCN(CC3CCOC3)CC2)nc1Cl. The highest BCUT2D eigenvalue weighted by atomic mass is 35.5. The quantitative estimate of drug-likeness (QED) is 0.815. The number of likely N-dealkylation sites (tertiary alicyclic amines) is 1. The van der Waals surface area contributed by atoms with E-state index in [1.54, 1.807) is 0 Å². The number of piperidine rings is 1. The lowest BCUT2D eigenvalue weighted by atomic mass is 10.0. The molecule has 128 valence electrons. The van der Waals surface area contributed by atoms with Crippen LogP contribution in [0.3, 0.4) is 0 Å². The molecule has 2 aliphatic rings. The van der Waals surface area contributed by atoms with Crippen LogP contribution in [-0.4, -0.2) is 61.9 Å². The van der Waals surface area contributed by atoms with Crippen molar-refractivity contribution in [2.24, 2.45) is 5.92 Å². The van der Waals surface area contributed by atoms with Gasteiger partial charge in [0.25, 0.3) is 0 Å². The molecule has 1 aromatic rings. The van der Waals surface area contributed by atoms with Gasteiger partial charge in [-0.3, -0.25) is 0 Å². The van der Waals surface area contributed by atoms with Crippen LogP contribution in [0.15, 0.2) is 0 Å². The molecule has 1 unspecified atom stereocenters. The molecule has 0 saturated carbocycles. The predicted octanol–water partition coefficient (Wildman–Crippen LogP) is 2.50. The number of carbonyl (C=O) groups is 1. The number of thiazole rings is 1. The Kier molecular flexibility index (Phi) is 5.74. The summed E-state index contributed by atoms with van der Waals surface area (Å²) in [6.07, 6.45) is 3.32. The minimum absolute atomic E-state index is 0.211. The number of esters is 1. The average Bonchev–Trinajstić information content (AvgIpc) is 3.18. The van der Waals surface area contributed by atoms with Crippen molar-refractivity contribution in [2.45, 2.75) is 25.3 Å². The number of anilines is 1. The van der Waals surface area contributed by atoms with E-state index in [4.69, 9.17) is 21.1 Å². The Bertz CT molecular complexity index is 540. The first-order valence-corrected chi connectivity index (χ1v) is 9.16. The lowest BCUT2D eigenvalue weighted by molar-refractivity contribution is 0.0606. The molecule has 3 rings (SSSR count). The second-order valence-corrected chi connectivity index (χ2v) is 7.44. The molecule has 8 heteroatoms. The number of aromatic nitrogens is 1. The van der Waals surface area contributed by atoms with E-state index in [0.717, 1.165) is 45.7 Å². The molecule has 2 fully saturated rings. The zero-order chi connectivity index (χ0) is 16.2. The molecule has 2 aliphatic heterocycles. The van der Waals surface area contributed by atoms with E-state index < -0.39 is 5.97 Å². The number of hydrogen-bond donors (Lipinski definition) is 1. The Hall–Kier alpha value is -0.890. The van der Waals surface area contributed by atoms with Crippen molar-refractivity contribution in [3.8, 4) is 0 Å². The van der Waals surface area contributed by atoms with E-state index in [0.29, 0.717) is 22.0 Å². The first-order valence-electron chi connectivity index (χ1n) is 7.97. The minimum Gasteiger partial charge on any atom is -0.465 e. The summed E-state index contributed by atoms with van der Waals surface area (Å²) in [6, 6.07) is 0.374. The van der Waals surface area contributed by atoms with Crippen molar-refractivity contribution < 1.29 is 14.3 Å². The van der Waals surface area contributed by atoms with Gasteiger partial charge in [-0.05, 0) is 25.2 Å². The van der Waals surface area contributed by atoms with Crippen molar-refractivity contribution in [3.63, 3.8) is 0 Å². The van der Waals surface area contributed by atoms with Crippen molar-refractivity contribution in [2.75, 3.05) is 45.3 Å². The number of nitrogens with zero attached hydrogens (tertiary/aromatic N) is 2. The summed E-state index contributed by atoms with van der Waals surface area (Å²) in [7, 11) is 1.34. The number of hydrogen-bond acceptors (Lipinski definition) is 7. The standard InChI is InChI=1S/C15H22ClN3O3S/c1-21-14(20)12-13(16)18-15(23-12)17-11-2-5-19(6-3-11)8-10-4-7-22-9-10/h10-11H,2-9H2,1H3,(H,17,18). The maximum Gasteiger partial charge on any atom is 0.351 e. The topological polar surface area (TPSA) is 63.7 Å². The van der Waals surface area contributed by atoms with Gasteiger partial charge < -0.3 is 19.7 Å². The second-order valence-electron chi connectivity index (χ2n) is 6.08. The molecule has 0 amide bonds. The summed E-state index contributed by atoms with van der Waals surface area (Å²) in [5.41, 5.74) is 0. The monoisotopic (exact) mass is 359 g/mol. The number of nitrogens with one attached hydrogen (secondary N) is 1. The van der Waals surface area contributed by atoms with Gasteiger partial charge in [0.05, 0.1) is 13.7 Å². The molecule has 6 nitrogen and oxygen atoms in total. The van der Waals surface area contributed by atoms with Crippen LogP contribution < -0.4 is 5.32 Å². The van der Waals surface area contributed by atoms with Crippen LogP contribution in [0.1, 0.15) is 28.9 Å². The van der Waals surface area contributed by atoms with Gasteiger partial charge in [0.2, 0.25) is 0 Å². The fourth-order valence-electron chi connectivity index (χ4n) is 3.11. The number of rotatable bonds is 5. The zero-order valence-electron chi connectivity index (χ0n) is 13.2. The molecule has 23 heavy (non-hydrogen) atoms. The van der Waals surface area contributed by atoms with Crippen molar-refractivity contribution in [3.05, 3.63) is 10.0 Å². The molecule has 1 N–H and O–H groups in total. The summed E-state index contributed by atoms with van der Waals surface area (Å²) < 4.78 is 10.1. The van der Waals surface area contributed by atoms with Gasteiger partial charge in [0.15, 0.2) is 15.2 Å². The van der Waals surface area contributed by atoms with Crippen LogP contribution in [0.4, 0.5) is 5.13 Å². The van der Waals surface area contributed by atoms with Gasteiger partial charge in [-0.2, -0.15) is 0 Å². The van der Waals surface area contributed by atoms with E-state index in [9.17, 15) is 4.79 Å². The number of halogens is 1. The van der Waals surface area contributed by atoms with E-state index in [-0.39, 0.29) is 5.15 Å². The number of carbonyl (C=O) groups excluding carboxylic acids is 1. The highest BCUT2D eigenvalue weighted by molar-refractivity contribution is 7.18. The molecule has 1 atom stereocenters. The molecule has 0 aromatic carbocycles. The largest absolute Gasteiger partial charge is 0.465 e. The van der Waals surface area contributed by atoms with Crippen molar-refractivity contribution >= 4 is 34.0 Å². The summed E-state index contributed by atoms with van der Waals surface area (Å²) >= 11 is 7.25. The fourth-order valence-corrected chi connectivity index (χ4v) is 4.29. The fraction of sp³-hybridized carbons (Fsp3) is 0.733. The van der Waals surface area contributed by atoms with Gasteiger partial charge in [0.1, 0.15) is 0 Å². The van der Waals surface area contributed by atoms with Gasteiger partial charge in [-0.15, -0.1) is 0 Å². The maximum atomic E-state index is 11.6. The molecule has 0 aliphatic carbocycles. The van der Waals surface area contributed by atoms with Crippen LogP contribution in [0, 0.1) is 5.92 Å². The zero-order valence-corrected chi connectivity index (χ0v) is 14.8. The Balaban J connectivity index is 1.47. The highest BCUT2D eigenvalue weighted by Gasteiger charge is 2.25. The van der Waals surface area contributed by atoms with Crippen LogP contribution in [0.25, 0.3) is 0 Å². The third-order valence-corrected chi connectivity index (χ3v) is 5.76. The summed E-state index contributed by atoms with van der Waals surface area (Å²) in [5.74, 6) is 0.258. The van der Waals surface area contributed by atoms with Crippen LogP contribution in [0.2, 0.25) is 5.15 Å². The third kappa shape index (κ3) is 4.35. The van der Waals surface area contributed by atoms with Crippen LogP contribution in [-0.2, 0) is 9.47 Å². The molecule has 0 radical (unpaired) electrons. The second kappa shape index (κ2) is 7.79. The van der Waals surface area contributed by atoms with Crippen molar-refractivity contribution in [1.82, 2.24) is 9.88 Å². The predicted molar refractivity (Wildman–Crippen MR) is 90.5 cm³/mol. The summed E-state index contributed by atoms with van der Waals surface area (Å²) in [5, 5.41) is 4.30. The number of ether oxygens (including phenoxy) is 2. The molecule has 1 aromatic heterocycles. The van der Waals surface area contributed by atoms with E-state index in [1.807, 2.05) is 0 Å². The molecular weight excluding hydrogens is 338 g/mol. The first-order chi connectivity index (χ1) is 11.2. The smallest absolute Gasteiger partial charge is 0.351 e. The number of methoxy groups -OCH3 is 1. The molecule has 0 spiro atoms. The van der Waals surface area contributed by atoms with E-state index in [1.165, 1.54) is 24.9 Å². The van der Waals surface area contributed by atoms with E-state index >= 15 is 0 Å². The van der Waals surface area contributed by atoms with E-state index in [2.05, 4.69) is 15.2 Å². The lowest BCUT2D eigenvalue weighted by Gasteiger charge is -2.33. The van der Waals surface area contributed by atoms with Gasteiger partial charge in [-0.1, -0.05) is 22.9 Å². The Morgan fingerprint density at radius 3 is 2.91 bits per heavy atom. The Morgan fingerprint density at radius 2 is 2.26 bits per heavy atom. The molecule has 2 saturated heterocycles. The maximum absolute atomic E-state index is 11.6. The Morgan fingerprint density at radius 1 is 1.48 bits per heavy atom. The average molecular weight is 360 g/mol. The lowest BCUT2D eigenvalue weighted by Crippen LogP contribution is -2.41. The van der Waals surface area contributed by atoms with Gasteiger partial charge in [-0.25, -0.2) is 9.78 Å². The third-order valence-electron chi connectivity index (χ3n) is 4.41. The minimum atomic E-state index is -0.436. The van der Waals surface area contributed by atoms with Crippen LogP contribution >= 0.6 is 22.9 Å². The molecule has 3 heterocycles. The first kappa shape index (κ1) is 17.0. The van der Waals surface area contributed by atoms with Crippen LogP contribution in [0.5, 0.6) is 0 Å². The molecular formula is C15H22ClN3O3S. The van der Waals surface area contributed by atoms with Gasteiger partial charge in [0, 0.05) is 32.3 Å². The Labute approximate surface area is 145 Å². The summed E-state index contributed by atoms with van der Waals surface area (Å²) in [6.45, 7) is 5.12. The normalized spacial score (nSPS) is 23.1.